The number of benzene rings is 2. The van der Waals surface area contributed by atoms with E-state index in [2.05, 4.69) is 19.2 Å². The Balaban J connectivity index is 1.85. The number of carbonyl (C=O) groups is 1. The van der Waals surface area contributed by atoms with E-state index in [0.717, 1.165) is 24.1 Å². The molecule has 0 aliphatic carbocycles. The van der Waals surface area contributed by atoms with Crippen LogP contribution in [0.3, 0.4) is 0 Å². The highest BCUT2D eigenvalue weighted by Crippen LogP contribution is 2.25. The predicted molar refractivity (Wildman–Crippen MR) is 103 cm³/mol. The highest BCUT2D eigenvalue weighted by Gasteiger charge is 2.27. The summed E-state index contributed by atoms with van der Waals surface area (Å²) < 4.78 is 26.9. The maximum Gasteiger partial charge on any atom is 0.255 e. The van der Waals surface area contributed by atoms with Crippen LogP contribution < -0.4 is 5.32 Å². The van der Waals surface area contributed by atoms with Gasteiger partial charge in [-0.15, -0.1) is 0 Å². The molecule has 1 heterocycles. The second kappa shape index (κ2) is 7.60. The number of hydrogen-bond acceptors (Lipinski definition) is 3. The van der Waals surface area contributed by atoms with Crippen LogP contribution in [0.2, 0.25) is 0 Å². The number of carbonyl (C=O) groups excluding carboxylic acids is 1. The molecule has 0 aromatic heterocycles. The van der Waals surface area contributed by atoms with Crippen LogP contribution in [0.5, 0.6) is 0 Å². The summed E-state index contributed by atoms with van der Waals surface area (Å²) >= 11 is 0. The normalized spacial score (nSPS) is 15.3. The number of nitrogens with one attached hydrogen (secondary N) is 1. The van der Waals surface area contributed by atoms with E-state index in [4.69, 9.17) is 0 Å². The van der Waals surface area contributed by atoms with Crippen LogP contribution in [0.4, 0.5) is 5.69 Å². The molecule has 2 aromatic carbocycles. The molecule has 0 radical (unpaired) electrons. The zero-order chi connectivity index (χ0) is 18.7. The molecular formula is C20H24N2O3S. The monoisotopic (exact) mass is 372 g/mol. The standard InChI is InChI=1S/C20H24N2O3S/c1-15(2)18-10-3-4-11-19(18)21-20(23)16-8-7-9-17(14-16)26(24,25)22-12-5-6-13-22/h3-4,7-11,14-15H,5-6,12-13H2,1-2H3,(H,21,23). The lowest BCUT2D eigenvalue weighted by Gasteiger charge is -2.16. The summed E-state index contributed by atoms with van der Waals surface area (Å²) in [5, 5.41) is 2.91. The molecule has 138 valence electrons. The maximum absolute atomic E-state index is 12.7. The van der Waals surface area contributed by atoms with Gasteiger partial charge in [-0.3, -0.25) is 4.79 Å². The zero-order valence-electron chi connectivity index (χ0n) is 15.1. The molecule has 0 spiro atoms. The van der Waals surface area contributed by atoms with Gasteiger partial charge in [0.1, 0.15) is 0 Å². The molecule has 1 N–H and O–H groups in total. The lowest BCUT2D eigenvalue weighted by atomic mass is 10.0. The first kappa shape index (κ1) is 18.6. The second-order valence-electron chi connectivity index (χ2n) is 6.84. The number of anilines is 1. The number of rotatable bonds is 5. The SMILES string of the molecule is CC(C)c1ccccc1NC(=O)c1cccc(S(=O)(=O)N2CCCC2)c1. The fraction of sp³-hybridized carbons (Fsp3) is 0.350. The van der Waals surface area contributed by atoms with E-state index in [1.165, 1.54) is 10.4 Å². The van der Waals surface area contributed by atoms with Crippen molar-refractivity contribution in [3.63, 3.8) is 0 Å². The molecular weight excluding hydrogens is 348 g/mol. The van der Waals surface area contributed by atoms with Crippen LogP contribution in [0, 0.1) is 0 Å². The van der Waals surface area contributed by atoms with Gasteiger partial charge in [0.15, 0.2) is 0 Å². The Hall–Kier alpha value is -2.18. The maximum atomic E-state index is 12.7. The van der Waals surface area contributed by atoms with Crippen LogP contribution in [0.25, 0.3) is 0 Å². The molecule has 3 rings (SSSR count). The summed E-state index contributed by atoms with van der Waals surface area (Å²) in [7, 11) is -3.54. The molecule has 1 saturated heterocycles. The Labute approximate surface area is 155 Å². The van der Waals surface area contributed by atoms with E-state index >= 15 is 0 Å². The van der Waals surface area contributed by atoms with Crippen molar-refractivity contribution in [3.8, 4) is 0 Å². The molecule has 1 amide bonds. The molecule has 1 aliphatic heterocycles. The van der Waals surface area contributed by atoms with Crippen molar-refractivity contribution in [1.82, 2.24) is 4.31 Å². The largest absolute Gasteiger partial charge is 0.322 e. The van der Waals surface area contributed by atoms with Gasteiger partial charge in [0.25, 0.3) is 5.91 Å². The van der Waals surface area contributed by atoms with E-state index < -0.39 is 10.0 Å². The van der Waals surface area contributed by atoms with Gasteiger partial charge in [0.05, 0.1) is 4.90 Å². The van der Waals surface area contributed by atoms with Crippen molar-refractivity contribution >= 4 is 21.6 Å². The molecule has 1 fully saturated rings. The average molecular weight is 372 g/mol. The average Bonchev–Trinajstić information content (AvgIpc) is 3.17. The second-order valence-corrected chi connectivity index (χ2v) is 8.77. The Kier molecular flexibility index (Phi) is 5.44. The molecule has 0 atom stereocenters. The van der Waals surface area contributed by atoms with Crippen LogP contribution in [-0.4, -0.2) is 31.7 Å². The lowest BCUT2D eigenvalue weighted by Crippen LogP contribution is -2.28. The predicted octanol–water partition coefficient (Wildman–Crippen LogP) is 3.85. The summed E-state index contributed by atoms with van der Waals surface area (Å²) in [5.74, 6) is -0.0371. The van der Waals surface area contributed by atoms with E-state index in [9.17, 15) is 13.2 Å². The van der Waals surface area contributed by atoms with Gasteiger partial charge in [-0.05, 0) is 48.6 Å². The fourth-order valence-electron chi connectivity index (χ4n) is 3.18. The quantitative estimate of drug-likeness (QED) is 0.867. The molecule has 1 aliphatic rings. The first-order valence-corrected chi connectivity index (χ1v) is 10.3. The van der Waals surface area contributed by atoms with Gasteiger partial charge in [-0.1, -0.05) is 38.1 Å². The van der Waals surface area contributed by atoms with E-state index in [-0.39, 0.29) is 16.7 Å². The molecule has 26 heavy (non-hydrogen) atoms. The first-order chi connectivity index (χ1) is 12.4. The van der Waals surface area contributed by atoms with Crippen LogP contribution in [0.1, 0.15) is 48.5 Å². The third-order valence-electron chi connectivity index (χ3n) is 4.63. The van der Waals surface area contributed by atoms with Crippen LogP contribution >= 0.6 is 0 Å². The summed E-state index contributed by atoms with van der Waals surface area (Å²) in [4.78, 5) is 12.8. The Morgan fingerprint density at radius 2 is 1.73 bits per heavy atom. The highest BCUT2D eigenvalue weighted by molar-refractivity contribution is 7.89. The van der Waals surface area contributed by atoms with E-state index in [1.54, 1.807) is 18.2 Å². The number of hydrogen-bond donors (Lipinski definition) is 1. The van der Waals surface area contributed by atoms with Crippen LogP contribution in [-0.2, 0) is 10.0 Å². The summed E-state index contributed by atoms with van der Waals surface area (Å²) in [6.07, 6.45) is 1.76. The smallest absolute Gasteiger partial charge is 0.255 e. The molecule has 0 unspecified atom stereocenters. The number of amides is 1. The first-order valence-electron chi connectivity index (χ1n) is 8.90. The minimum Gasteiger partial charge on any atom is -0.322 e. The summed E-state index contributed by atoms with van der Waals surface area (Å²) in [6.45, 7) is 5.21. The van der Waals surface area contributed by atoms with Gasteiger partial charge in [0, 0.05) is 24.3 Å². The highest BCUT2D eigenvalue weighted by atomic mass is 32.2. The molecule has 6 heteroatoms. The van der Waals surface area contributed by atoms with Crippen molar-refractivity contribution in [2.45, 2.75) is 37.5 Å². The van der Waals surface area contributed by atoms with Gasteiger partial charge < -0.3 is 5.32 Å². The van der Waals surface area contributed by atoms with Gasteiger partial charge in [-0.25, -0.2) is 8.42 Å². The molecule has 2 aromatic rings. The van der Waals surface area contributed by atoms with E-state index in [1.807, 2.05) is 24.3 Å². The minimum absolute atomic E-state index is 0.171. The Morgan fingerprint density at radius 1 is 1.04 bits per heavy atom. The van der Waals surface area contributed by atoms with Crippen molar-refractivity contribution in [2.24, 2.45) is 0 Å². The molecule has 0 bridgehead atoms. The third kappa shape index (κ3) is 3.81. The topological polar surface area (TPSA) is 66.5 Å². The van der Waals surface area contributed by atoms with Gasteiger partial charge >= 0.3 is 0 Å². The Morgan fingerprint density at radius 3 is 2.42 bits per heavy atom. The van der Waals surface area contributed by atoms with Crippen molar-refractivity contribution in [1.29, 1.82) is 0 Å². The minimum atomic E-state index is -3.54. The van der Waals surface area contributed by atoms with E-state index in [0.29, 0.717) is 18.7 Å². The summed E-state index contributed by atoms with van der Waals surface area (Å²) in [6, 6.07) is 13.9. The Bertz CT molecular complexity index is 901. The lowest BCUT2D eigenvalue weighted by molar-refractivity contribution is 0.102. The third-order valence-corrected chi connectivity index (χ3v) is 6.52. The fourth-order valence-corrected chi connectivity index (χ4v) is 4.75. The number of nitrogens with zero attached hydrogens (tertiary/aromatic N) is 1. The zero-order valence-corrected chi connectivity index (χ0v) is 15.9. The van der Waals surface area contributed by atoms with Crippen molar-refractivity contribution < 1.29 is 13.2 Å². The number of sulfonamides is 1. The van der Waals surface area contributed by atoms with Gasteiger partial charge in [-0.2, -0.15) is 4.31 Å². The van der Waals surface area contributed by atoms with Crippen molar-refractivity contribution in [3.05, 3.63) is 59.7 Å². The molecule has 0 saturated carbocycles. The van der Waals surface area contributed by atoms with Gasteiger partial charge in [0.2, 0.25) is 10.0 Å². The summed E-state index contributed by atoms with van der Waals surface area (Å²) in [5.41, 5.74) is 2.13. The van der Waals surface area contributed by atoms with Crippen LogP contribution in [0.15, 0.2) is 53.4 Å². The van der Waals surface area contributed by atoms with Crippen molar-refractivity contribution in [2.75, 3.05) is 18.4 Å². The number of para-hydroxylation sites is 1. The molecule has 5 nitrogen and oxygen atoms in total.